The topological polar surface area (TPSA) is 75.7 Å². The lowest BCUT2D eigenvalue weighted by molar-refractivity contribution is -0.123. The molecule has 0 saturated carbocycles. The van der Waals surface area contributed by atoms with Gasteiger partial charge in [0.25, 0.3) is 17.1 Å². The number of halogens is 1. The molecule has 1 N–H and O–H groups in total. The van der Waals surface area contributed by atoms with Crippen molar-refractivity contribution in [1.82, 2.24) is 4.90 Å². The van der Waals surface area contributed by atoms with Crippen molar-refractivity contribution in [1.29, 1.82) is 0 Å². The number of amides is 3. The summed E-state index contributed by atoms with van der Waals surface area (Å²) < 4.78 is 19.6. The summed E-state index contributed by atoms with van der Waals surface area (Å²) in [5.41, 5.74) is 3.70. The van der Waals surface area contributed by atoms with Crippen molar-refractivity contribution in [2.24, 2.45) is 0 Å². The lowest BCUT2D eigenvalue weighted by atomic mass is 10.1. The van der Waals surface area contributed by atoms with Crippen molar-refractivity contribution in [3.8, 4) is 5.75 Å². The fourth-order valence-corrected chi connectivity index (χ4v) is 4.41. The predicted octanol–water partition coefficient (Wildman–Crippen LogP) is 5.70. The SMILES string of the molecule is Cc1ccc(NC(=O)COc2cccc(/C=C3\SC(=O)N(Cc4ccccc4F)C3=O)c2)c(C)c1. The molecule has 1 aliphatic heterocycles. The number of hydrogen-bond donors (Lipinski definition) is 1. The molecular weight excluding hydrogens is 467 g/mol. The third-order valence-electron chi connectivity index (χ3n) is 5.34. The first-order valence-corrected chi connectivity index (χ1v) is 11.7. The molecule has 3 aromatic rings. The second-order valence-electron chi connectivity index (χ2n) is 8.09. The molecule has 4 rings (SSSR count). The van der Waals surface area contributed by atoms with E-state index >= 15 is 0 Å². The lowest BCUT2D eigenvalue weighted by Crippen LogP contribution is -2.27. The van der Waals surface area contributed by atoms with E-state index in [4.69, 9.17) is 4.74 Å². The van der Waals surface area contributed by atoms with Crippen LogP contribution in [0.15, 0.2) is 71.6 Å². The van der Waals surface area contributed by atoms with Crippen LogP contribution in [0.25, 0.3) is 6.08 Å². The van der Waals surface area contributed by atoms with Crippen molar-refractivity contribution in [3.63, 3.8) is 0 Å². The molecule has 0 atom stereocenters. The minimum absolute atomic E-state index is 0.132. The van der Waals surface area contributed by atoms with Gasteiger partial charge in [-0.05, 0) is 67.1 Å². The van der Waals surface area contributed by atoms with Crippen LogP contribution < -0.4 is 10.1 Å². The number of benzene rings is 3. The Morgan fingerprint density at radius 2 is 1.86 bits per heavy atom. The Morgan fingerprint density at radius 3 is 2.63 bits per heavy atom. The highest BCUT2D eigenvalue weighted by Crippen LogP contribution is 2.34. The maximum Gasteiger partial charge on any atom is 0.293 e. The molecule has 0 aliphatic carbocycles. The zero-order valence-electron chi connectivity index (χ0n) is 19.2. The first-order chi connectivity index (χ1) is 16.8. The quantitative estimate of drug-likeness (QED) is 0.430. The van der Waals surface area contributed by atoms with Gasteiger partial charge in [0.15, 0.2) is 6.61 Å². The lowest BCUT2D eigenvalue weighted by Gasteiger charge is -2.12. The van der Waals surface area contributed by atoms with Crippen LogP contribution >= 0.6 is 11.8 Å². The summed E-state index contributed by atoms with van der Waals surface area (Å²) in [5, 5.41) is 2.37. The summed E-state index contributed by atoms with van der Waals surface area (Å²) in [4.78, 5) is 38.7. The van der Waals surface area contributed by atoms with E-state index in [0.717, 1.165) is 33.5 Å². The Balaban J connectivity index is 1.40. The van der Waals surface area contributed by atoms with E-state index in [9.17, 15) is 18.8 Å². The van der Waals surface area contributed by atoms with Gasteiger partial charge < -0.3 is 10.1 Å². The molecule has 0 spiro atoms. The summed E-state index contributed by atoms with van der Waals surface area (Å²) >= 11 is 0.801. The van der Waals surface area contributed by atoms with Gasteiger partial charge in [0.05, 0.1) is 11.4 Å². The number of imide groups is 1. The van der Waals surface area contributed by atoms with Crippen LogP contribution in [-0.4, -0.2) is 28.6 Å². The van der Waals surface area contributed by atoms with Crippen molar-refractivity contribution >= 4 is 40.6 Å². The van der Waals surface area contributed by atoms with Crippen LogP contribution in [0.1, 0.15) is 22.3 Å². The number of ether oxygens (including phenoxy) is 1. The number of carbonyl (C=O) groups is 3. The Bertz CT molecular complexity index is 1340. The molecule has 1 heterocycles. The van der Waals surface area contributed by atoms with E-state index in [2.05, 4.69) is 5.32 Å². The van der Waals surface area contributed by atoms with Crippen LogP contribution in [0, 0.1) is 19.7 Å². The standard InChI is InChI=1S/C27H23FN2O4S/c1-17-10-11-23(18(2)12-17)29-25(31)16-34-21-8-5-6-19(13-21)14-24-26(32)30(27(33)35-24)15-20-7-3-4-9-22(20)28/h3-14H,15-16H2,1-2H3,(H,29,31)/b24-14-. The summed E-state index contributed by atoms with van der Waals surface area (Å²) in [6, 6.07) is 18.7. The van der Waals surface area contributed by atoms with Gasteiger partial charge in [-0.15, -0.1) is 0 Å². The molecule has 8 heteroatoms. The van der Waals surface area contributed by atoms with Gasteiger partial charge in [-0.3, -0.25) is 19.3 Å². The Morgan fingerprint density at radius 1 is 1.06 bits per heavy atom. The van der Waals surface area contributed by atoms with Crippen LogP contribution in [0.3, 0.4) is 0 Å². The number of carbonyl (C=O) groups excluding carboxylic acids is 3. The minimum atomic E-state index is -0.484. The van der Waals surface area contributed by atoms with E-state index in [-0.39, 0.29) is 29.5 Å². The molecule has 0 bridgehead atoms. The third-order valence-corrected chi connectivity index (χ3v) is 6.25. The predicted molar refractivity (Wildman–Crippen MR) is 134 cm³/mol. The molecule has 3 amide bonds. The molecular formula is C27H23FN2O4S. The zero-order chi connectivity index (χ0) is 24.9. The number of nitrogens with one attached hydrogen (secondary N) is 1. The minimum Gasteiger partial charge on any atom is -0.484 e. The molecule has 0 radical (unpaired) electrons. The Kier molecular flexibility index (Phi) is 7.31. The first kappa shape index (κ1) is 24.2. The second-order valence-corrected chi connectivity index (χ2v) is 9.08. The van der Waals surface area contributed by atoms with Crippen LogP contribution in [0.5, 0.6) is 5.75 Å². The van der Waals surface area contributed by atoms with Crippen LogP contribution in [-0.2, 0) is 16.1 Å². The van der Waals surface area contributed by atoms with Gasteiger partial charge in [0.1, 0.15) is 11.6 Å². The van der Waals surface area contributed by atoms with Gasteiger partial charge in [0.2, 0.25) is 0 Å². The van der Waals surface area contributed by atoms with E-state index in [1.165, 1.54) is 6.07 Å². The molecule has 1 saturated heterocycles. The molecule has 0 aromatic heterocycles. The average Bonchev–Trinajstić information content (AvgIpc) is 3.08. The fourth-order valence-electron chi connectivity index (χ4n) is 3.57. The number of aryl methyl sites for hydroxylation is 2. The van der Waals surface area contributed by atoms with Gasteiger partial charge in [-0.25, -0.2) is 4.39 Å². The normalized spacial score (nSPS) is 14.5. The average molecular weight is 491 g/mol. The molecule has 6 nitrogen and oxygen atoms in total. The highest BCUT2D eigenvalue weighted by atomic mass is 32.2. The van der Waals surface area contributed by atoms with Crippen LogP contribution in [0.2, 0.25) is 0 Å². The zero-order valence-corrected chi connectivity index (χ0v) is 20.0. The molecule has 3 aromatic carbocycles. The van der Waals surface area contributed by atoms with Crippen molar-refractivity contribution in [3.05, 3.63) is 99.7 Å². The third kappa shape index (κ3) is 5.96. The highest BCUT2D eigenvalue weighted by molar-refractivity contribution is 8.18. The van der Waals surface area contributed by atoms with Gasteiger partial charge >= 0.3 is 0 Å². The molecule has 0 unspecified atom stereocenters. The largest absolute Gasteiger partial charge is 0.484 e. The number of hydrogen-bond acceptors (Lipinski definition) is 5. The summed E-state index contributed by atoms with van der Waals surface area (Å²) in [7, 11) is 0. The summed E-state index contributed by atoms with van der Waals surface area (Å²) in [6.07, 6.45) is 1.58. The fraction of sp³-hybridized carbons (Fsp3) is 0.148. The number of nitrogens with zero attached hydrogens (tertiary/aromatic N) is 1. The Labute approximate surface area is 206 Å². The van der Waals surface area contributed by atoms with E-state index in [1.807, 2.05) is 32.0 Å². The first-order valence-electron chi connectivity index (χ1n) is 10.9. The van der Waals surface area contributed by atoms with Gasteiger partial charge in [-0.1, -0.05) is 48.0 Å². The molecule has 1 aliphatic rings. The number of thioether (sulfide) groups is 1. The molecule has 1 fully saturated rings. The second kappa shape index (κ2) is 10.6. The maximum absolute atomic E-state index is 14.0. The van der Waals surface area contributed by atoms with Gasteiger partial charge in [-0.2, -0.15) is 0 Å². The smallest absolute Gasteiger partial charge is 0.293 e. The summed E-state index contributed by atoms with van der Waals surface area (Å²) in [5.74, 6) is -0.805. The van der Waals surface area contributed by atoms with Crippen molar-refractivity contribution < 1.29 is 23.5 Å². The van der Waals surface area contributed by atoms with E-state index in [1.54, 1.807) is 48.5 Å². The molecule has 35 heavy (non-hydrogen) atoms. The van der Waals surface area contributed by atoms with Crippen LogP contribution in [0.4, 0.5) is 14.9 Å². The Hall–Kier alpha value is -3.91. The van der Waals surface area contributed by atoms with Crippen molar-refractivity contribution in [2.45, 2.75) is 20.4 Å². The van der Waals surface area contributed by atoms with Gasteiger partial charge in [0, 0.05) is 11.3 Å². The monoisotopic (exact) mass is 490 g/mol. The van der Waals surface area contributed by atoms with E-state index < -0.39 is 17.0 Å². The number of rotatable bonds is 7. The highest BCUT2D eigenvalue weighted by Gasteiger charge is 2.35. The maximum atomic E-state index is 14.0. The summed E-state index contributed by atoms with van der Waals surface area (Å²) in [6.45, 7) is 3.59. The molecule has 178 valence electrons. The van der Waals surface area contributed by atoms with Crippen molar-refractivity contribution in [2.75, 3.05) is 11.9 Å². The van der Waals surface area contributed by atoms with E-state index in [0.29, 0.717) is 11.3 Å². The number of anilines is 1.